The summed E-state index contributed by atoms with van der Waals surface area (Å²) < 4.78 is 1.05. The van der Waals surface area contributed by atoms with Gasteiger partial charge in [0.25, 0.3) is 0 Å². The SMILES string of the molecule is Clc1ccc(-c2cnc(/N=C/c3ccc(Br)cc3)s2)cc1. The molecule has 1 aromatic heterocycles. The van der Waals surface area contributed by atoms with Gasteiger partial charge in [-0.25, -0.2) is 9.98 Å². The van der Waals surface area contributed by atoms with Gasteiger partial charge >= 0.3 is 0 Å². The van der Waals surface area contributed by atoms with Gasteiger partial charge in [-0.2, -0.15) is 0 Å². The quantitative estimate of drug-likeness (QED) is 0.516. The van der Waals surface area contributed by atoms with Crippen molar-refractivity contribution in [3.8, 4) is 10.4 Å². The topological polar surface area (TPSA) is 25.2 Å². The molecule has 0 unspecified atom stereocenters. The van der Waals surface area contributed by atoms with Crippen molar-refractivity contribution >= 4 is 50.2 Å². The Morgan fingerprint density at radius 1 is 1.05 bits per heavy atom. The van der Waals surface area contributed by atoms with Crippen LogP contribution in [0.4, 0.5) is 5.13 Å². The lowest BCUT2D eigenvalue weighted by Gasteiger charge is -1.95. The molecule has 2 aromatic carbocycles. The van der Waals surface area contributed by atoms with E-state index in [0.29, 0.717) is 0 Å². The molecule has 104 valence electrons. The molecule has 3 rings (SSSR count). The summed E-state index contributed by atoms with van der Waals surface area (Å²) in [5, 5.41) is 1.47. The zero-order valence-corrected chi connectivity index (χ0v) is 14.0. The van der Waals surface area contributed by atoms with E-state index in [-0.39, 0.29) is 0 Å². The Balaban J connectivity index is 1.78. The number of rotatable bonds is 3. The van der Waals surface area contributed by atoms with E-state index < -0.39 is 0 Å². The van der Waals surface area contributed by atoms with E-state index >= 15 is 0 Å². The van der Waals surface area contributed by atoms with Crippen LogP contribution in [0.1, 0.15) is 5.56 Å². The van der Waals surface area contributed by atoms with Gasteiger partial charge in [-0.1, -0.05) is 63.1 Å². The lowest BCUT2D eigenvalue weighted by molar-refractivity contribution is 1.36. The number of thiazole rings is 1. The molecule has 0 fully saturated rings. The van der Waals surface area contributed by atoms with E-state index in [9.17, 15) is 0 Å². The lowest BCUT2D eigenvalue weighted by Crippen LogP contribution is -1.78. The number of hydrogen-bond donors (Lipinski definition) is 0. The van der Waals surface area contributed by atoms with Crippen LogP contribution >= 0.6 is 38.9 Å². The molecule has 0 saturated carbocycles. The molecule has 2 nitrogen and oxygen atoms in total. The fourth-order valence-electron chi connectivity index (χ4n) is 1.75. The Kier molecular flexibility index (Phi) is 4.48. The molecule has 1 heterocycles. The molecular formula is C16H10BrClN2S. The highest BCUT2D eigenvalue weighted by Crippen LogP contribution is 2.31. The Hall–Kier alpha value is -1.49. The third-order valence-corrected chi connectivity index (χ3v) is 4.55. The van der Waals surface area contributed by atoms with Crippen LogP contribution in [0, 0.1) is 0 Å². The van der Waals surface area contributed by atoms with E-state index in [0.717, 1.165) is 30.6 Å². The molecule has 0 atom stereocenters. The number of halogens is 2. The van der Waals surface area contributed by atoms with Gasteiger partial charge in [0.1, 0.15) is 0 Å². The second-order valence-corrected chi connectivity index (χ2v) is 6.68. The molecule has 0 aliphatic heterocycles. The summed E-state index contributed by atoms with van der Waals surface area (Å²) in [6, 6.07) is 15.7. The molecule has 0 N–H and O–H groups in total. The molecule has 0 aliphatic carbocycles. The highest BCUT2D eigenvalue weighted by Gasteiger charge is 2.03. The molecule has 0 saturated heterocycles. The zero-order chi connectivity index (χ0) is 14.7. The Morgan fingerprint density at radius 3 is 2.48 bits per heavy atom. The third-order valence-electron chi connectivity index (χ3n) is 2.82. The van der Waals surface area contributed by atoms with Crippen LogP contribution in [0.3, 0.4) is 0 Å². The molecule has 0 amide bonds. The van der Waals surface area contributed by atoms with Crippen molar-refractivity contribution in [3.63, 3.8) is 0 Å². The first-order valence-electron chi connectivity index (χ1n) is 6.22. The number of aliphatic imine (C=N–C) groups is 1. The van der Waals surface area contributed by atoms with Crippen LogP contribution in [0.15, 0.2) is 64.2 Å². The average molecular weight is 378 g/mol. The number of benzene rings is 2. The first-order valence-corrected chi connectivity index (χ1v) is 8.21. The Bertz CT molecular complexity index is 764. The van der Waals surface area contributed by atoms with Crippen molar-refractivity contribution in [1.29, 1.82) is 0 Å². The summed E-state index contributed by atoms with van der Waals surface area (Å²) in [5.41, 5.74) is 2.14. The highest BCUT2D eigenvalue weighted by molar-refractivity contribution is 9.10. The second kappa shape index (κ2) is 6.52. The van der Waals surface area contributed by atoms with E-state index in [1.165, 1.54) is 0 Å². The van der Waals surface area contributed by atoms with Crippen molar-refractivity contribution in [1.82, 2.24) is 4.98 Å². The average Bonchev–Trinajstić information content (AvgIpc) is 2.96. The fourth-order valence-corrected chi connectivity index (χ4v) is 2.91. The van der Waals surface area contributed by atoms with Crippen molar-refractivity contribution in [2.75, 3.05) is 0 Å². The minimum atomic E-state index is 0.733. The molecule has 0 radical (unpaired) electrons. The monoisotopic (exact) mass is 376 g/mol. The maximum absolute atomic E-state index is 5.89. The molecular weight excluding hydrogens is 368 g/mol. The van der Waals surface area contributed by atoms with Crippen molar-refractivity contribution in [2.45, 2.75) is 0 Å². The van der Waals surface area contributed by atoms with Gasteiger partial charge in [0, 0.05) is 21.9 Å². The molecule has 5 heteroatoms. The van der Waals surface area contributed by atoms with Gasteiger partial charge in [-0.15, -0.1) is 0 Å². The molecule has 0 spiro atoms. The van der Waals surface area contributed by atoms with Gasteiger partial charge in [0.15, 0.2) is 0 Å². The van der Waals surface area contributed by atoms with Crippen molar-refractivity contribution in [3.05, 3.63) is 69.8 Å². The first-order chi connectivity index (χ1) is 10.2. The molecule has 0 bridgehead atoms. The predicted molar refractivity (Wildman–Crippen MR) is 94.0 cm³/mol. The Morgan fingerprint density at radius 2 is 1.76 bits per heavy atom. The maximum atomic E-state index is 5.89. The Labute approximate surface area is 140 Å². The minimum absolute atomic E-state index is 0.733. The molecule has 21 heavy (non-hydrogen) atoms. The van der Waals surface area contributed by atoms with Crippen LogP contribution in [0.5, 0.6) is 0 Å². The van der Waals surface area contributed by atoms with Gasteiger partial charge in [0.05, 0.1) is 4.88 Å². The summed E-state index contributed by atoms with van der Waals surface area (Å²) in [4.78, 5) is 9.82. The molecule has 0 aliphatic rings. The lowest BCUT2D eigenvalue weighted by atomic mass is 10.2. The van der Waals surface area contributed by atoms with Gasteiger partial charge in [-0.05, 0) is 35.4 Å². The summed E-state index contributed by atoms with van der Waals surface area (Å²) in [6.07, 6.45) is 3.65. The van der Waals surface area contributed by atoms with Crippen molar-refractivity contribution < 1.29 is 0 Å². The van der Waals surface area contributed by atoms with Crippen LogP contribution in [-0.4, -0.2) is 11.2 Å². The summed E-state index contributed by atoms with van der Waals surface area (Å²) in [5.74, 6) is 0. The van der Waals surface area contributed by atoms with E-state index in [1.54, 1.807) is 11.3 Å². The third kappa shape index (κ3) is 3.79. The first kappa shape index (κ1) is 14.4. The summed E-state index contributed by atoms with van der Waals surface area (Å²) in [6.45, 7) is 0. The van der Waals surface area contributed by atoms with Gasteiger partial charge in [0.2, 0.25) is 5.13 Å². The maximum Gasteiger partial charge on any atom is 0.209 e. The summed E-state index contributed by atoms with van der Waals surface area (Å²) >= 11 is 10.9. The van der Waals surface area contributed by atoms with Crippen LogP contribution in [0.2, 0.25) is 5.02 Å². The molecule has 3 aromatic rings. The normalized spacial score (nSPS) is 11.1. The standard InChI is InChI=1S/C16H10BrClN2S/c17-13-5-1-11(2-6-13)9-19-16-20-10-15(21-16)12-3-7-14(18)8-4-12/h1-10H/b19-9+. The largest absolute Gasteiger partial charge is 0.227 e. The van der Waals surface area contributed by atoms with Gasteiger partial charge < -0.3 is 0 Å². The fraction of sp³-hybridized carbons (Fsp3) is 0. The van der Waals surface area contributed by atoms with Gasteiger partial charge in [-0.3, -0.25) is 0 Å². The smallest absolute Gasteiger partial charge is 0.209 e. The van der Waals surface area contributed by atoms with Crippen LogP contribution < -0.4 is 0 Å². The van der Waals surface area contributed by atoms with Crippen LogP contribution in [-0.2, 0) is 0 Å². The second-order valence-electron chi connectivity index (χ2n) is 4.32. The minimum Gasteiger partial charge on any atom is -0.227 e. The number of hydrogen-bond acceptors (Lipinski definition) is 3. The van der Waals surface area contributed by atoms with E-state index in [4.69, 9.17) is 11.6 Å². The van der Waals surface area contributed by atoms with E-state index in [2.05, 4.69) is 25.9 Å². The summed E-state index contributed by atoms with van der Waals surface area (Å²) in [7, 11) is 0. The number of nitrogens with zero attached hydrogens (tertiary/aromatic N) is 2. The zero-order valence-electron chi connectivity index (χ0n) is 10.8. The number of aromatic nitrogens is 1. The van der Waals surface area contributed by atoms with Crippen LogP contribution in [0.25, 0.3) is 10.4 Å². The van der Waals surface area contributed by atoms with Crippen molar-refractivity contribution in [2.24, 2.45) is 4.99 Å². The predicted octanol–water partition coefficient (Wildman–Crippen LogP) is 5.98. The van der Waals surface area contributed by atoms with E-state index in [1.807, 2.05) is 60.9 Å². The highest BCUT2D eigenvalue weighted by atomic mass is 79.9.